The molecule has 0 heterocycles. The van der Waals surface area contributed by atoms with Crippen LogP contribution in [-0.2, 0) is 0 Å². The average molecular weight is 272 g/mol. The third-order valence-corrected chi connectivity index (χ3v) is 4.92. The van der Waals surface area contributed by atoms with Crippen LogP contribution in [0.1, 0.15) is 54.4 Å². The monoisotopic (exact) mass is 272 g/mol. The van der Waals surface area contributed by atoms with Crippen LogP contribution < -0.4 is 11.1 Å². The predicted molar refractivity (Wildman–Crippen MR) is 81.5 cm³/mol. The molecule has 2 aliphatic rings. The average Bonchev–Trinajstić information content (AvgIpc) is 3.21. The summed E-state index contributed by atoms with van der Waals surface area (Å²) in [6.45, 7) is 1.96. The summed E-state index contributed by atoms with van der Waals surface area (Å²) in [4.78, 5) is 12.3. The van der Waals surface area contributed by atoms with E-state index in [4.69, 9.17) is 5.73 Å². The number of nitrogen functional groups attached to an aromatic ring is 1. The molecule has 0 spiro atoms. The molecule has 1 aromatic carbocycles. The lowest BCUT2D eigenvalue weighted by Gasteiger charge is -2.21. The van der Waals surface area contributed by atoms with Crippen LogP contribution in [0.5, 0.6) is 0 Å². The summed E-state index contributed by atoms with van der Waals surface area (Å²) < 4.78 is 0. The summed E-state index contributed by atoms with van der Waals surface area (Å²) in [6, 6.07) is 5.93. The van der Waals surface area contributed by atoms with Crippen molar-refractivity contribution in [1.82, 2.24) is 5.32 Å². The summed E-state index contributed by atoms with van der Waals surface area (Å²) in [6.07, 6.45) is 8.01. The zero-order valence-corrected chi connectivity index (χ0v) is 12.2. The molecule has 108 valence electrons. The van der Waals surface area contributed by atoms with Crippen molar-refractivity contribution in [2.24, 2.45) is 11.8 Å². The predicted octanol–water partition coefficient (Wildman–Crippen LogP) is 3.28. The number of rotatable bonds is 3. The molecule has 20 heavy (non-hydrogen) atoms. The zero-order chi connectivity index (χ0) is 14.1. The molecule has 0 bridgehead atoms. The molecule has 3 N–H and O–H groups in total. The third kappa shape index (κ3) is 2.82. The van der Waals surface area contributed by atoms with Gasteiger partial charge < -0.3 is 11.1 Å². The number of carbonyl (C=O) groups excluding carboxylic acids is 1. The fraction of sp³-hybridized carbons (Fsp3) is 0.588. The number of nitrogens with one attached hydrogen (secondary N) is 1. The maximum Gasteiger partial charge on any atom is 0.251 e. The first-order valence-corrected chi connectivity index (χ1v) is 7.82. The molecule has 0 aromatic heterocycles. The molecule has 0 radical (unpaired) electrons. The molecular formula is C17H24N2O. The minimum absolute atomic E-state index is 0.0399. The van der Waals surface area contributed by atoms with Gasteiger partial charge in [0.1, 0.15) is 0 Å². The lowest BCUT2D eigenvalue weighted by molar-refractivity contribution is 0.0946. The fourth-order valence-electron chi connectivity index (χ4n) is 3.59. The molecule has 3 heteroatoms. The van der Waals surface area contributed by atoms with Gasteiger partial charge in [0.05, 0.1) is 0 Å². The normalized spacial score (nSPS) is 26.2. The first-order valence-electron chi connectivity index (χ1n) is 7.82. The standard InChI is InChI=1S/C17H24N2O/c1-11-7-8-13(18)9-14(11)17(20)19-16-10-15(16)12-5-3-2-4-6-12/h7-9,12,15-16H,2-6,10,18H2,1H3,(H,19,20). The molecule has 2 aliphatic carbocycles. The highest BCUT2D eigenvalue weighted by Gasteiger charge is 2.43. The van der Waals surface area contributed by atoms with Crippen molar-refractivity contribution in [2.45, 2.75) is 51.5 Å². The molecule has 3 nitrogen and oxygen atoms in total. The lowest BCUT2D eigenvalue weighted by Crippen LogP contribution is -2.29. The van der Waals surface area contributed by atoms with Gasteiger partial charge in [0.2, 0.25) is 0 Å². The van der Waals surface area contributed by atoms with Crippen molar-refractivity contribution >= 4 is 11.6 Å². The molecule has 2 unspecified atom stereocenters. The topological polar surface area (TPSA) is 55.1 Å². The Morgan fingerprint density at radius 1 is 1.25 bits per heavy atom. The maximum absolute atomic E-state index is 12.3. The van der Waals surface area contributed by atoms with Gasteiger partial charge in [-0.15, -0.1) is 0 Å². The number of amides is 1. The molecular weight excluding hydrogens is 248 g/mol. The van der Waals surface area contributed by atoms with Crippen LogP contribution in [0.15, 0.2) is 18.2 Å². The van der Waals surface area contributed by atoms with E-state index in [-0.39, 0.29) is 5.91 Å². The Hall–Kier alpha value is -1.51. The minimum Gasteiger partial charge on any atom is -0.399 e. The minimum atomic E-state index is 0.0399. The Morgan fingerprint density at radius 2 is 2.00 bits per heavy atom. The second-order valence-corrected chi connectivity index (χ2v) is 6.45. The van der Waals surface area contributed by atoms with Crippen LogP contribution in [0.3, 0.4) is 0 Å². The van der Waals surface area contributed by atoms with Crippen molar-refractivity contribution in [3.8, 4) is 0 Å². The highest BCUT2D eigenvalue weighted by Crippen LogP contribution is 2.44. The highest BCUT2D eigenvalue weighted by atomic mass is 16.1. The number of hydrogen-bond donors (Lipinski definition) is 2. The molecule has 2 atom stereocenters. The molecule has 3 rings (SSSR count). The zero-order valence-electron chi connectivity index (χ0n) is 12.2. The summed E-state index contributed by atoms with van der Waals surface area (Å²) in [5, 5.41) is 3.19. The number of benzene rings is 1. The van der Waals surface area contributed by atoms with Crippen molar-refractivity contribution in [3.05, 3.63) is 29.3 Å². The van der Waals surface area contributed by atoms with Crippen LogP contribution >= 0.6 is 0 Å². The number of nitrogens with two attached hydrogens (primary N) is 1. The molecule has 0 aliphatic heterocycles. The van der Waals surface area contributed by atoms with Gasteiger partial charge in [-0.25, -0.2) is 0 Å². The van der Waals surface area contributed by atoms with Gasteiger partial charge in [-0.2, -0.15) is 0 Å². The van der Waals surface area contributed by atoms with E-state index in [9.17, 15) is 4.79 Å². The van der Waals surface area contributed by atoms with E-state index in [2.05, 4.69) is 5.32 Å². The number of hydrogen-bond acceptors (Lipinski definition) is 2. The van der Waals surface area contributed by atoms with Crippen LogP contribution in [-0.4, -0.2) is 11.9 Å². The van der Waals surface area contributed by atoms with E-state index in [1.165, 1.54) is 32.1 Å². The molecule has 2 saturated carbocycles. The Balaban J connectivity index is 1.59. The Labute approximate surface area is 120 Å². The van der Waals surface area contributed by atoms with E-state index in [0.29, 0.717) is 11.7 Å². The van der Waals surface area contributed by atoms with Crippen LogP contribution in [0, 0.1) is 18.8 Å². The SMILES string of the molecule is Cc1ccc(N)cc1C(=O)NC1CC1C1CCCCC1. The smallest absolute Gasteiger partial charge is 0.251 e. The van der Waals surface area contributed by atoms with Crippen LogP contribution in [0.25, 0.3) is 0 Å². The summed E-state index contributed by atoms with van der Waals surface area (Å²) in [5.74, 6) is 1.61. The van der Waals surface area contributed by atoms with E-state index in [1.807, 2.05) is 19.1 Å². The third-order valence-electron chi connectivity index (χ3n) is 4.92. The van der Waals surface area contributed by atoms with Gasteiger partial charge in [0, 0.05) is 17.3 Å². The van der Waals surface area contributed by atoms with Crippen LogP contribution in [0.4, 0.5) is 5.69 Å². The fourth-order valence-corrected chi connectivity index (χ4v) is 3.59. The maximum atomic E-state index is 12.3. The van der Waals surface area contributed by atoms with Gasteiger partial charge in [-0.3, -0.25) is 4.79 Å². The van der Waals surface area contributed by atoms with E-state index in [1.54, 1.807) is 6.07 Å². The lowest BCUT2D eigenvalue weighted by atomic mass is 9.85. The quantitative estimate of drug-likeness (QED) is 0.830. The van der Waals surface area contributed by atoms with Crippen molar-refractivity contribution < 1.29 is 4.79 Å². The summed E-state index contributed by atoms with van der Waals surface area (Å²) in [7, 11) is 0. The van der Waals surface area contributed by atoms with Gasteiger partial charge in [0.15, 0.2) is 0 Å². The number of carbonyl (C=O) groups is 1. The highest BCUT2D eigenvalue weighted by molar-refractivity contribution is 5.96. The van der Waals surface area contributed by atoms with Crippen molar-refractivity contribution in [1.29, 1.82) is 0 Å². The van der Waals surface area contributed by atoms with Gasteiger partial charge in [-0.05, 0) is 42.9 Å². The van der Waals surface area contributed by atoms with Crippen LogP contribution in [0.2, 0.25) is 0 Å². The van der Waals surface area contributed by atoms with Gasteiger partial charge in [0.25, 0.3) is 5.91 Å². The first kappa shape index (κ1) is 13.5. The Kier molecular flexibility index (Phi) is 3.68. The first-order chi connectivity index (χ1) is 9.65. The van der Waals surface area contributed by atoms with Crippen molar-refractivity contribution in [3.63, 3.8) is 0 Å². The van der Waals surface area contributed by atoms with Gasteiger partial charge in [-0.1, -0.05) is 38.2 Å². The number of anilines is 1. The largest absolute Gasteiger partial charge is 0.399 e. The van der Waals surface area contributed by atoms with Crippen molar-refractivity contribution in [2.75, 3.05) is 5.73 Å². The second-order valence-electron chi connectivity index (χ2n) is 6.45. The van der Waals surface area contributed by atoms with Gasteiger partial charge >= 0.3 is 0 Å². The number of aryl methyl sites for hydroxylation is 1. The van der Waals surface area contributed by atoms with E-state index < -0.39 is 0 Å². The summed E-state index contributed by atoms with van der Waals surface area (Å²) in [5.41, 5.74) is 8.14. The molecule has 1 amide bonds. The Morgan fingerprint density at radius 3 is 2.75 bits per heavy atom. The second kappa shape index (κ2) is 5.47. The summed E-state index contributed by atoms with van der Waals surface area (Å²) >= 11 is 0. The van der Waals surface area contributed by atoms with E-state index in [0.717, 1.165) is 29.4 Å². The Bertz CT molecular complexity index is 506. The molecule has 0 saturated heterocycles. The molecule has 1 aromatic rings. The van der Waals surface area contributed by atoms with E-state index >= 15 is 0 Å². The molecule has 2 fully saturated rings.